The maximum Gasteiger partial charge on any atom is 0.338 e. The molecule has 1 amide bonds. The quantitative estimate of drug-likeness (QED) is 0.337. The Balaban J connectivity index is 1.81. The maximum absolute atomic E-state index is 13.1. The van der Waals surface area contributed by atoms with E-state index in [2.05, 4.69) is 15.3 Å². The van der Waals surface area contributed by atoms with Crippen LogP contribution in [0.3, 0.4) is 0 Å². The fourth-order valence-electron chi connectivity index (χ4n) is 2.86. The third-order valence-corrected chi connectivity index (χ3v) is 5.30. The molecule has 0 aliphatic heterocycles. The van der Waals surface area contributed by atoms with Gasteiger partial charge in [0.15, 0.2) is 5.16 Å². The van der Waals surface area contributed by atoms with Gasteiger partial charge in [-0.05, 0) is 56.7 Å². The Morgan fingerprint density at radius 2 is 1.63 bits per heavy atom. The second-order valence-electron chi connectivity index (χ2n) is 6.63. The molecule has 1 heterocycles. The van der Waals surface area contributed by atoms with E-state index in [4.69, 9.17) is 4.74 Å². The van der Waals surface area contributed by atoms with Crippen LogP contribution in [0.15, 0.2) is 65.8 Å². The predicted molar refractivity (Wildman–Crippen MR) is 118 cm³/mol. The van der Waals surface area contributed by atoms with Gasteiger partial charge in [0.25, 0.3) is 0 Å². The summed E-state index contributed by atoms with van der Waals surface area (Å²) in [6.45, 7) is 5.88. The number of hydrogen-bond donors (Lipinski definition) is 1. The lowest BCUT2D eigenvalue weighted by Crippen LogP contribution is -2.19. The highest BCUT2D eigenvalue weighted by molar-refractivity contribution is 8.00. The molecule has 2 aromatic carbocycles. The lowest BCUT2D eigenvalue weighted by atomic mass is 10.1. The summed E-state index contributed by atoms with van der Waals surface area (Å²) in [6, 6.07) is 18.0. The third kappa shape index (κ3) is 5.67. The van der Waals surface area contributed by atoms with Gasteiger partial charge in [0, 0.05) is 17.1 Å². The molecule has 0 spiro atoms. The van der Waals surface area contributed by atoms with Gasteiger partial charge in [0.1, 0.15) is 5.25 Å². The lowest BCUT2D eigenvalue weighted by Gasteiger charge is -2.17. The highest BCUT2D eigenvalue weighted by Crippen LogP contribution is 2.34. The van der Waals surface area contributed by atoms with Gasteiger partial charge in [-0.1, -0.05) is 42.1 Å². The Morgan fingerprint density at radius 3 is 2.23 bits per heavy atom. The summed E-state index contributed by atoms with van der Waals surface area (Å²) in [4.78, 5) is 33.8. The van der Waals surface area contributed by atoms with Crippen LogP contribution in [-0.4, -0.2) is 28.5 Å². The first kappa shape index (κ1) is 21.5. The van der Waals surface area contributed by atoms with E-state index < -0.39 is 5.25 Å². The van der Waals surface area contributed by atoms with Crippen LogP contribution >= 0.6 is 11.8 Å². The minimum atomic E-state index is -0.530. The molecule has 3 rings (SSSR count). The van der Waals surface area contributed by atoms with Gasteiger partial charge >= 0.3 is 5.97 Å². The molecule has 1 N–H and O–H groups in total. The SMILES string of the molecule is CCOC(=O)c1ccc(NC(=O)[C@@H](Sc2nc(C)cc(C)n2)c2ccccc2)cc1. The molecule has 1 aromatic heterocycles. The van der Waals surface area contributed by atoms with Gasteiger partial charge in [0.2, 0.25) is 5.91 Å². The molecule has 0 aliphatic rings. The Hall–Kier alpha value is -3.19. The molecule has 6 nitrogen and oxygen atoms in total. The van der Waals surface area contributed by atoms with Crippen molar-refractivity contribution in [2.45, 2.75) is 31.2 Å². The molecule has 154 valence electrons. The summed E-state index contributed by atoms with van der Waals surface area (Å²) in [5.41, 5.74) is 3.59. The van der Waals surface area contributed by atoms with Crippen molar-refractivity contribution in [2.24, 2.45) is 0 Å². The number of nitrogens with one attached hydrogen (secondary N) is 1. The number of carbonyl (C=O) groups excluding carboxylic acids is 2. The molecule has 0 aliphatic carbocycles. The standard InChI is InChI=1S/C23H23N3O3S/c1-4-29-22(28)18-10-12-19(13-11-18)26-21(27)20(17-8-6-5-7-9-17)30-23-24-15(2)14-16(3)25-23/h5-14,20H,4H2,1-3H3,(H,26,27)/t20-/m0/s1. The number of rotatable bonds is 7. The fourth-order valence-corrected chi connectivity index (χ4v) is 3.93. The van der Waals surface area contributed by atoms with E-state index in [0.717, 1.165) is 17.0 Å². The minimum Gasteiger partial charge on any atom is -0.462 e. The van der Waals surface area contributed by atoms with Crippen LogP contribution in [0.4, 0.5) is 5.69 Å². The van der Waals surface area contributed by atoms with E-state index in [1.807, 2.05) is 50.2 Å². The molecule has 30 heavy (non-hydrogen) atoms. The number of thioether (sulfide) groups is 1. The number of benzene rings is 2. The van der Waals surface area contributed by atoms with E-state index >= 15 is 0 Å². The van der Waals surface area contributed by atoms with Gasteiger partial charge in [-0.3, -0.25) is 4.79 Å². The van der Waals surface area contributed by atoms with Gasteiger partial charge in [-0.25, -0.2) is 14.8 Å². The summed E-state index contributed by atoms with van der Waals surface area (Å²) < 4.78 is 4.99. The molecule has 1 atom stereocenters. The third-order valence-electron chi connectivity index (χ3n) is 4.19. The molecule has 0 fully saturated rings. The summed E-state index contributed by atoms with van der Waals surface area (Å²) in [5.74, 6) is -0.585. The van der Waals surface area contributed by atoms with Crippen molar-refractivity contribution in [3.63, 3.8) is 0 Å². The first-order valence-electron chi connectivity index (χ1n) is 9.58. The van der Waals surface area contributed by atoms with E-state index in [-0.39, 0.29) is 11.9 Å². The number of nitrogens with zero attached hydrogens (tertiary/aromatic N) is 2. The minimum absolute atomic E-state index is 0.196. The van der Waals surface area contributed by atoms with Crippen LogP contribution in [0.5, 0.6) is 0 Å². The zero-order valence-corrected chi connectivity index (χ0v) is 17.9. The molecular weight excluding hydrogens is 398 g/mol. The lowest BCUT2D eigenvalue weighted by molar-refractivity contribution is -0.115. The summed E-state index contributed by atoms with van der Waals surface area (Å²) in [5, 5.41) is 2.94. The fraction of sp³-hybridized carbons (Fsp3) is 0.217. The van der Waals surface area contributed by atoms with Gasteiger partial charge in [-0.2, -0.15) is 0 Å². The normalized spacial score (nSPS) is 11.6. The van der Waals surface area contributed by atoms with Crippen molar-refractivity contribution in [2.75, 3.05) is 11.9 Å². The van der Waals surface area contributed by atoms with Crippen LogP contribution in [-0.2, 0) is 9.53 Å². The second kappa shape index (κ2) is 10.0. The number of aryl methyl sites for hydroxylation is 2. The predicted octanol–water partition coefficient (Wildman–Crippen LogP) is 4.74. The van der Waals surface area contributed by atoms with Crippen LogP contribution in [0.2, 0.25) is 0 Å². The van der Waals surface area contributed by atoms with Crippen molar-refractivity contribution in [3.8, 4) is 0 Å². The maximum atomic E-state index is 13.1. The first-order valence-corrected chi connectivity index (χ1v) is 10.5. The Kier molecular flexibility index (Phi) is 7.19. The van der Waals surface area contributed by atoms with E-state index in [1.165, 1.54) is 11.8 Å². The number of hydrogen-bond acceptors (Lipinski definition) is 6. The number of ether oxygens (including phenoxy) is 1. The zero-order chi connectivity index (χ0) is 21.5. The molecule has 0 saturated carbocycles. The van der Waals surface area contributed by atoms with E-state index in [1.54, 1.807) is 31.2 Å². The Morgan fingerprint density at radius 1 is 1.00 bits per heavy atom. The smallest absolute Gasteiger partial charge is 0.338 e. The number of aromatic nitrogens is 2. The highest BCUT2D eigenvalue weighted by Gasteiger charge is 2.24. The molecular formula is C23H23N3O3S. The summed E-state index contributed by atoms with van der Waals surface area (Å²) in [7, 11) is 0. The van der Waals surface area contributed by atoms with Crippen LogP contribution in [0.1, 0.15) is 39.5 Å². The molecule has 0 unspecified atom stereocenters. The van der Waals surface area contributed by atoms with E-state index in [0.29, 0.717) is 23.0 Å². The monoisotopic (exact) mass is 421 g/mol. The van der Waals surface area contributed by atoms with Gasteiger partial charge in [0.05, 0.1) is 12.2 Å². The second-order valence-corrected chi connectivity index (χ2v) is 7.70. The van der Waals surface area contributed by atoms with Crippen LogP contribution in [0.25, 0.3) is 0 Å². The zero-order valence-electron chi connectivity index (χ0n) is 17.1. The van der Waals surface area contributed by atoms with E-state index in [9.17, 15) is 9.59 Å². The van der Waals surface area contributed by atoms with Crippen LogP contribution in [0, 0.1) is 13.8 Å². The Bertz CT molecular complexity index is 1000. The van der Waals surface area contributed by atoms with Crippen molar-refractivity contribution < 1.29 is 14.3 Å². The van der Waals surface area contributed by atoms with Crippen LogP contribution < -0.4 is 5.32 Å². The highest BCUT2D eigenvalue weighted by atomic mass is 32.2. The first-order chi connectivity index (χ1) is 14.5. The summed E-state index contributed by atoms with van der Waals surface area (Å²) >= 11 is 1.30. The Labute approximate surface area is 180 Å². The molecule has 0 radical (unpaired) electrons. The average Bonchev–Trinajstić information content (AvgIpc) is 2.72. The number of amides is 1. The largest absolute Gasteiger partial charge is 0.462 e. The van der Waals surface area contributed by atoms with Gasteiger partial charge < -0.3 is 10.1 Å². The number of carbonyl (C=O) groups is 2. The number of esters is 1. The van der Waals surface area contributed by atoms with Crippen molar-refractivity contribution >= 4 is 29.3 Å². The van der Waals surface area contributed by atoms with Crippen molar-refractivity contribution in [3.05, 3.63) is 83.2 Å². The molecule has 3 aromatic rings. The topological polar surface area (TPSA) is 81.2 Å². The summed E-state index contributed by atoms with van der Waals surface area (Å²) in [6.07, 6.45) is 0. The number of anilines is 1. The average molecular weight is 422 g/mol. The molecule has 0 saturated heterocycles. The molecule has 0 bridgehead atoms. The molecule has 7 heteroatoms. The van der Waals surface area contributed by atoms with Crippen molar-refractivity contribution in [1.29, 1.82) is 0 Å². The van der Waals surface area contributed by atoms with Gasteiger partial charge in [-0.15, -0.1) is 0 Å². The van der Waals surface area contributed by atoms with Crippen molar-refractivity contribution in [1.82, 2.24) is 9.97 Å².